The molecule has 2 unspecified atom stereocenters. The summed E-state index contributed by atoms with van der Waals surface area (Å²) in [4.78, 5) is 0. The molecule has 0 aromatic carbocycles. The fraction of sp³-hybridized carbons (Fsp3) is 1.00. The molecule has 1 saturated heterocycles. The van der Waals surface area contributed by atoms with E-state index < -0.39 is 10.2 Å². The Kier molecular flexibility index (Phi) is 5.37. The van der Waals surface area contributed by atoms with Crippen LogP contribution >= 0.6 is 0 Å². The Morgan fingerprint density at radius 1 is 1.29 bits per heavy atom. The van der Waals surface area contributed by atoms with Crippen molar-refractivity contribution in [1.29, 1.82) is 0 Å². The van der Waals surface area contributed by atoms with Crippen LogP contribution in [-0.2, 0) is 10.2 Å². The number of nitrogens with zero attached hydrogens (tertiary/aromatic N) is 2. The molecular formula is C11H24N2O3S. The van der Waals surface area contributed by atoms with Crippen LogP contribution < -0.4 is 0 Å². The van der Waals surface area contributed by atoms with Gasteiger partial charge in [-0.3, -0.25) is 0 Å². The predicted molar refractivity (Wildman–Crippen MR) is 67.8 cm³/mol. The number of rotatable bonds is 5. The molecule has 0 aromatic heterocycles. The van der Waals surface area contributed by atoms with Gasteiger partial charge in [-0.25, -0.2) is 0 Å². The van der Waals surface area contributed by atoms with E-state index in [9.17, 15) is 8.42 Å². The first-order valence-electron chi connectivity index (χ1n) is 6.27. The minimum atomic E-state index is -3.40. The molecule has 102 valence electrons. The summed E-state index contributed by atoms with van der Waals surface area (Å²) in [6, 6.07) is 0. The van der Waals surface area contributed by atoms with Crippen LogP contribution in [0.5, 0.6) is 0 Å². The molecule has 5 nitrogen and oxygen atoms in total. The normalized spacial score (nSPS) is 27.6. The van der Waals surface area contributed by atoms with Crippen molar-refractivity contribution in [2.45, 2.75) is 27.2 Å². The molecule has 1 heterocycles. The lowest BCUT2D eigenvalue weighted by molar-refractivity contribution is 0.200. The van der Waals surface area contributed by atoms with E-state index in [1.54, 1.807) is 11.2 Å². The van der Waals surface area contributed by atoms with Crippen LogP contribution in [0.2, 0.25) is 0 Å². The van der Waals surface area contributed by atoms with Crippen molar-refractivity contribution in [3.8, 4) is 0 Å². The van der Waals surface area contributed by atoms with Crippen LogP contribution in [0.25, 0.3) is 0 Å². The summed E-state index contributed by atoms with van der Waals surface area (Å²) in [5.74, 6) is 0.808. The lowest BCUT2D eigenvalue weighted by atomic mass is 9.94. The van der Waals surface area contributed by atoms with E-state index in [0.717, 1.165) is 6.42 Å². The number of piperidine rings is 1. The highest BCUT2D eigenvalue weighted by Gasteiger charge is 2.33. The smallest absolute Gasteiger partial charge is 0.282 e. The Bertz CT molecular complexity index is 322. The molecule has 0 spiro atoms. The highest BCUT2D eigenvalue weighted by Crippen LogP contribution is 2.24. The van der Waals surface area contributed by atoms with Crippen molar-refractivity contribution >= 4 is 10.2 Å². The third-order valence-electron chi connectivity index (χ3n) is 3.19. The van der Waals surface area contributed by atoms with Crippen molar-refractivity contribution in [3.63, 3.8) is 0 Å². The standard InChI is InChI=1S/C11H24N2O3S/c1-4-12(5-6-14)17(15,16)13-8-10(2)7-11(3)9-13/h10-11,14H,4-9H2,1-3H3. The van der Waals surface area contributed by atoms with Crippen LogP contribution in [0.3, 0.4) is 0 Å². The van der Waals surface area contributed by atoms with Gasteiger partial charge in [0.1, 0.15) is 0 Å². The number of aliphatic hydroxyl groups excluding tert-OH is 1. The van der Waals surface area contributed by atoms with Crippen LogP contribution in [-0.4, -0.2) is 54.9 Å². The van der Waals surface area contributed by atoms with Crippen molar-refractivity contribution < 1.29 is 13.5 Å². The van der Waals surface area contributed by atoms with Crippen molar-refractivity contribution in [1.82, 2.24) is 8.61 Å². The van der Waals surface area contributed by atoms with E-state index in [2.05, 4.69) is 13.8 Å². The monoisotopic (exact) mass is 264 g/mol. The maximum atomic E-state index is 12.3. The summed E-state index contributed by atoms with van der Waals surface area (Å²) >= 11 is 0. The summed E-state index contributed by atoms with van der Waals surface area (Å²) in [7, 11) is -3.40. The second-order valence-electron chi connectivity index (χ2n) is 4.99. The van der Waals surface area contributed by atoms with Crippen LogP contribution in [0.15, 0.2) is 0 Å². The SMILES string of the molecule is CCN(CCO)S(=O)(=O)N1CC(C)CC(C)C1. The maximum absolute atomic E-state index is 12.3. The molecule has 1 aliphatic rings. The molecule has 1 rings (SSSR count). The number of aliphatic hydroxyl groups is 1. The highest BCUT2D eigenvalue weighted by atomic mass is 32.2. The van der Waals surface area contributed by atoms with Crippen LogP contribution in [0, 0.1) is 11.8 Å². The number of hydrogen-bond acceptors (Lipinski definition) is 3. The molecule has 0 bridgehead atoms. The zero-order valence-electron chi connectivity index (χ0n) is 11.0. The summed E-state index contributed by atoms with van der Waals surface area (Å²) < 4.78 is 27.6. The van der Waals surface area contributed by atoms with Gasteiger partial charge in [0.15, 0.2) is 0 Å². The molecule has 17 heavy (non-hydrogen) atoms. The summed E-state index contributed by atoms with van der Waals surface area (Å²) in [5.41, 5.74) is 0. The number of likely N-dealkylation sites (N-methyl/N-ethyl adjacent to an activating group) is 1. The summed E-state index contributed by atoms with van der Waals surface area (Å²) in [5, 5.41) is 8.91. The van der Waals surface area contributed by atoms with E-state index in [1.807, 2.05) is 0 Å². The van der Waals surface area contributed by atoms with Gasteiger partial charge < -0.3 is 5.11 Å². The Morgan fingerprint density at radius 2 is 1.82 bits per heavy atom. The first-order valence-corrected chi connectivity index (χ1v) is 7.67. The first-order chi connectivity index (χ1) is 7.91. The van der Waals surface area contributed by atoms with Crippen molar-refractivity contribution in [3.05, 3.63) is 0 Å². The second kappa shape index (κ2) is 6.13. The van der Waals surface area contributed by atoms with Gasteiger partial charge in [-0.2, -0.15) is 17.0 Å². The van der Waals surface area contributed by atoms with Gasteiger partial charge >= 0.3 is 0 Å². The Hall–Kier alpha value is -0.170. The first kappa shape index (κ1) is 14.9. The fourth-order valence-electron chi connectivity index (χ4n) is 2.51. The Morgan fingerprint density at radius 3 is 2.24 bits per heavy atom. The third kappa shape index (κ3) is 3.64. The highest BCUT2D eigenvalue weighted by molar-refractivity contribution is 7.86. The largest absolute Gasteiger partial charge is 0.395 e. The van der Waals surface area contributed by atoms with Gasteiger partial charge in [-0.05, 0) is 18.3 Å². The average Bonchev–Trinajstić information content (AvgIpc) is 2.24. The maximum Gasteiger partial charge on any atom is 0.282 e. The van der Waals surface area contributed by atoms with E-state index in [0.29, 0.717) is 31.5 Å². The van der Waals surface area contributed by atoms with E-state index in [4.69, 9.17) is 5.11 Å². The molecule has 2 atom stereocenters. The zero-order chi connectivity index (χ0) is 13.1. The Labute approximate surface area is 105 Å². The quantitative estimate of drug-likeness (QED) is 0.787. The van der Waals surface area contributed by atoms with E-state index in [-0.39, 0.29) is 13.2 Å². The van der Waals surface area contributed by atoms with Gasteiger partial charge in [0.2, 0.25) is 0 Å². The zero-order valence-corrected chi connectivity index (χ0v) is 11.8. The van der Waals surface area contributed by atoms with E-state index >= 15 is 0 Å². The molecule has 1 fully saturated rings. The van der Waals surface area contributed by atoms with Gasteiger partial charge in [0, 0.05) is 26.2 Å². The van der Waals surface area contributed by atoms with Crippen molar-refractivity contribution in [2.75, 3.05) is 32.8 Å². The molecule has 1 N–H and O–H groups in total. The predicted octanol–water partition coefficient (Wildman–Crippen LogP) is 0.523. The fourth-order valence-corrected chi connectivity index (χ4v) is 4.36. The summed E-state index contributed by atoms with van der Waals surface area (Å²) in [6.07, 6.45) is 1.08. The third-order valence-corrected chi connectivity index (χ3v) is 5.23. The summed E-state index contributed by atoms with van der Waals surface area (Å²) in [6.45, 7) is 7.60. The van der Waals surface area contributed by atoms with Gasteiger partial charge in [-0.15, -0.1) is 0 Å². The molecule has 6 heteroatoms. The second-order valence-corrected chi connectivity index (χ2v) is 6.91. The van der Waals surface area contributed by atoms with Crippen LogP contribution in [0.1, 0.15) is 27.2 Å². The molecular weight excluding hydrogens is 240 g/mol. The van der Waals surface area contributed by atoms with Gasteiger partial charge in [0.05, 0.1) is 6.61 Å². The van der Waals surface area contributed by atoms with E-state index in [1.165, 1.54) is 4.31 Å². The lowest BCUT2D eigenvalue weighted by Crippen LogP contribution is -2.50. The molecule has 0 radical (unpaired) electrons. The number of hydrogen-bond donors (Lipinski definition) is 1. The molecule has 0 amide bonds. The van der Waals surface area contributed by atoms with Crippen molar-refractivity contribution in [2.24, 2.45) is 11.8 Å². The molecule has 0 aromatic rings. The average molecular weight is 264 g/mol. The topological polar surface area (TPSA) is 60.9 Å². The lowest BCUT2D eigenvalue weighted by Gasteiger charge is -2.36. The van der Waals surface area contributed by atoms with Crippen LogP contribution in [0.4, 0.5) is 0 Å². The van der Waals surface area contributed by atoms with Gasteiger partial charge in [0.25, 0.3) is 10.2 Å². The Balaban J connectivity index is 2.81. The molecule has 1 aliphatic heterocycles. The minimum Gasteiger partial charge on any atom is -0.395 e. The molecule has 0 saturated carbocycles. The van der Waals surface area contributed by atoms with Gasteiger partial charge in [-0.1, -0.05) is 20.8 Å². The minimum absolute atomic E-state index is 0.133. The molecule has 0 aliphatic carbocycles.